The van der Waals surface area contributed by atoms with E-state index in [1.807, 2.05) is 0 Å². The number of non-ortho nitro benzene ring substituents is 1. The first kappa shape index (κ1) is 19.9. The highest BCUT2D eigenvalue weighted by Crippen LogP contribution is 2.22. The quantitative estimate of drug-likeness (QED) is 0.350. The summed E-state index contributed by atoms with van der Waals surface area (Å²) in [4.78, 5) is 45.5. The van der Waals surface area contributed by atoms with Gasteiger partial charge >= 0.3 is 5.97 Å². The maximum Gasteiger partial charge on any atom is 0.341 e. The van der Waals surface area contributed by atoms with E-state index in [4.69, 9.17) is 4.74 Å². The molecule has 0 radical (unpaired) electrons. The molecule has 0 aromatic heterocycles. The lowest BCUT2D eigenvalue weighted by Gasteiger charge is -2.13. The van der Waals surface area contributed by atoms with E-state index in [0.29, 0.717) is 12.2 Å². The minimum Gasteiger partial charge on any atom is -0.452 e. The lowest BCUT2D eigenvalue weighted by molar-refractivity contribution is -0.384. The number of nitro groups is 1. The zero-order valence-corrected chi connectivity index (χ0v) is 14.1. The topological polar surface area (TPSA) is 140 Å². The third kappa shape index (κ3) is 5.75. The maximum atomic E-state index is 12.1. The fourth-order valence-electron chi connectivity index (χ4n) is 1.92. The lowest BCUT2D eigenvalue weighted by atomic mass is 10.1. The molecule has 2 amide bonds. The average Bonchev–Trinajstić information content (AvgIpc) is 2.59. The Morgan fingerprint density at radius 1 is 1.32 bits per heavy atom. The zero-order chi connectivity index (χ0) is 19.0. The van der Waals surface area contributed by atoms with E-state index in [1.165, 1.54) is 19.1 Å². The van der Waals surface area contributed by atoms with Gasteiger partial charge in [0.1, 0.15) is 6.04 Å². The summed E-state index contributed by atoms with van der Waals surface area (Å²) in [7, 11) is 1.54. The average molecular weight is 352 g/mol. The van der Waals surface area contributed by atoms with Gasteiger partial charge in [0, 0.05) is 31.4 Å². The first-order valence-electron chi connectivity index (χ1n) is 7.50. The maximum absolute atomic E-state index is 12.1. The summed E-state index contributed by atoms with van der Waals surface area (Å²) in [5, 5.41) is 18.4. The largest absolute Gasteiger partial charge is 0.452 e. The van der Waals surface area contributed by atoms with Gasteiger partial charge in [-0.1, -0.05) is 0 Å². The number of hydrogen-bond acceptors (Lipinski definition) is 7. The second kappa shape index (κ2) is 9.21. The number of benzene rings is 1. The predicted molar refractivity (Wildman–Crippen MR) is 89.2 cm³/mol. The minimum absolute atomic E-state index is 0.0683. The normalized spacial score (nSPS) is 11.2. The van der Waals surface area contributed by atoms with Crippen molar-refractivity contribution in [3.8, 4) is 0 Å². The Hall–Kier alpha value is -3.17. The smallest absolute Gasteiger partial charge is 0.341 e. The first-order chi connectivity index (χ1) is 11.8. The predicted octanol–water partition coefficient (Wildman–Crippen LogP) is 0.434. The number of nitrogens with zero attached hydrogens (tertiary/aromatic N) is 1. The Morgan fingerprint density at radius 3 is 2.56 bits per heavy atom. The summed E-state index contributed by atoms with van der Waals surface area (Å²) in [6.07, 6.45) is 0. The van der Waals surface area contributed by atoms with E-state index in [-0.39, 0.29) is 17.2 Å². The fraction of sp³-hybridized carbons (Fsp3) is 0.400. The Morgan fingerprint density at radius 2 is 2.00 bits per heavy atom. The molecule has 0 heterocycles. The minimum atomic E-state index is -0.895. The number of carbonyl (C=O) groups excluding carboxylic acids is 3. The number of carbonyl (C=O) groups is 3. The van der Waals surface area contributed by atoms with E-state index in [1.54, 1.807) is 14.0 Å². The molecule has 0 aliphatic rings. The van der Waals surface area contributed by atoms with Gasteiger partial charge in [0.2, 0.25) is 5.91 Å². The van der Waals surface area contributed by atoms with E-state index in [9.17, 15) is 24.5 Å². The number of ether oxygens (including phenoxy) is 1. The van der Waals surface area contributed by atoms with E-state index in [2.05, 4.69) is 16.0 Å². The van der Waals surface area contributed by atoms with Crippen molar-refractivity contribution in [1.29, 1.82) is 0 Å². The van der Waals surface area contributed by atoms with Crippen LogP contribution in [0.5, 0.6) is 0 Å². The van der Waals surface area contributed by atoms with E-state index < -0.39 is 29.4 Å². The molecular formula is C15H20N4O6. The number of hydrogen-bond donors (Lipinski definition) is 3. The number of nitrogens with one attached hydrogen (secondary N) is 3. The molecule has 1 atom stereocenters. The monoisotopic (exact) mass is 352 g/mol. The van der Waals surface area contributed by atoms with E-state index >= 15 is 0 Å². The van der Waals surface area contributed by atoms with Gasteiger partial charge in [0.25, 0.3) is 11.6 Å². The zero-order valence-electron chi connectivity index (χ0n) is 14.1. The Bertz CT molecular complexity index is 676. The van der Waals surface area contributed by atoms with Gasteiger partial charge in [-0.25, -0.2) is 4.79 Å². The van der Waals surface area contributed by atoms with Crippen molar-refractivity contribution in [2.45, 2.75) is 19.9 Å². The third-order valence-electron chi connectivity index (χ3n) is 3.16. The second-order valence-corrected chi connectivity index (χ2v) is 5.00. The molecule has 0 fully saturated rings. The third-order valence-corrected chi connectivity index (χ3v) is 3.16. The van der Waals surface area contributed by atoms with Gasteiger partial charge < -0.3 is 20.7 Å². The Balaban J connectivity index is 2.70. The van der Waals surface area contributed by atoms with Crippen LogP contribution >= 0.6 is 0 Å². The molecule has 1 rings (SSSR count). The second-order valence-electron chi connectivity index (χ2n) is 5.00. The van der Waals surface area contributed by atoms with Gasteiger partial charge in [-0.2, -0.15) is 0 Å². The molecule has 10 nitrogen and oxygen atoms in total. The summed E-state index contributed by atoms with van der Waals surface area (Å²) >= 11 is 0. The molecule has 0 spiro atoms. The van der Waals surface area contributed by atoms with Gasteiger partial charge in [-0.3, -0.25) is 19.7 Å². The number of anilines is 1. The van der Waals surface area contributed by atoms with Crippen LogP contribution in [0.2, 0.25) is 0 Å². The molecule has 0 bridgehead atoms. The molecule has 0 unspecified atom stereocenters. The first-order valence-corrected chi connectivity index (χ1v) is 7.50. The van der Waals surface area contributed by atoms with Crippen LogP contribution in [-0.2, 0) is 14.3 Å². The molecule has 25 heavy (non-hydrogen) atoms. The Labute approximate surface area is 144 Å². The van der Waals surface area contributed by atoms with Crippen molar-refractivity contribution in [2.24, 2.45) is 0 Å². The van der Waals surface area contributed by atoms with Crippen molar-refractivity contribution in [3.63, 3.8) is 0 Å². The van der Waals surface area contributed by atoms with Gasteiger partial charge in [0.15, 0.2) is 6.61 Å². The highest BCUT2D eigenvalue weighted by Gasteiger charge is 2.20. The molecule has 10 heteroatoms. The SMILES string of the molecule is CCNC(=O)[C@@H](C)NC(=O)COC(=O)c1cc([N+](=O)[O-])ccc1NC. The molecule has 1 aromatic carbocycles. The molecule has 0 saturated carbocycles. The van der Waals surface area contributed by atoms with Gasteiger partial charge in [0.05, 0.1) is 10.5 Å². The van der Waals surface area contributed by atoms with Crippen LogP contribution in [-0.4, -0.2) is 48.9 Å². The molecule has 0 aliphatic heterocycles. The van der Waals surface area contributed by atoms with Crippen LogP contribution in [0.15, 0.2) is 18.2 Å². The van der Waals surface area contributed by atoms with Crippen LogP contribution in [0.25, 0.3) is 0 Å². The number of rotatable bonds is 8. The summed E-state index contributed by atoms with van der Waals surface area (Å²) in [6, 6.07) is 2.88. The standard InChI is InChI=1S/C15H20N4O6/c1-4-17-14(21)9(2)18-13(20)8-25-15(22)11-7-10(19(23)24)5-6-12(11)16-3/h5-7,9,16H,4,8H2,1-3H3,(H,17,21)(H,18,20)/t9-/m1/s1. The van der Waals surface area contributed by atoms with Crippen LogP contribution < -0.4 is 16.0 Å². The van der Waals surface area contributed by atoms with Gasteiger partial charge in [-0.15, -0.1) is 0 Å². The Kier molecular flexibility index (Phi) is 7.32. The molecule has 0 aliphatic carbocycles. The molecular weight excluding hydrogens is 332 g/mol. The van der Waals surface area contributed by atoms with Crippen molar-refractivity contribution in [3.05, 3.63) is 33.9 Å². The van der Waals surface area contributed by atoms with Crippen molar-refractivity contribution >= 4 is 29.2 Å². The number of nitro benzene ring substituents is 1. The molecule has 0 saturated heterocycles. The highest BCUT2D eigenvalue weighted by molar-refractivity contribution is 5.97. The lowest BCUT2D eigenvalue weighted by Crippen LogP contribution is -2.46. The summed E-state index contributed by atoms with van der Waals surface area (Å²) < 4.78 is 4.86. The van der Waals surface area contributed by atoms with Crippen molar-refractivity contribution in [2.75, 3.05) is 25.5 Å². The van der Waals surface area contributed by atoms with Crippen molar-refractivity contribution in [1.82, 2.24) is 10.6 Å². The number of esters is 1. The van der Waals surface area contributed by atoms with Crippen LogP contribution in [0.1, 0.15) is 24.2 Å². The number of amides is 2. The summed E-state index contributed by atoms with van der Waals surface area (Å²) in [6.45, 7) is 3.04. The van der Waals surface area contributed by atoms with Crippen LogP contribution in [0, 0.1) is 10.1 Å². The van der Waals surface area contributed by atoms with Crippen LogP contribution in [0.4, 0.5) is 11.4 Å². The van der Waals surface area contributed by atoms with Crippen LogP contribution in [0.3, 0.4) is 0 Å². The summed E-state index contributed by atoms with van der Waals surface area (Å²) in [5.74, 6) is -1.92. The highest BCUT2D eigenvalue weighted by atomic mass is 16.6. The molecule has 136 valence electrons. The molecule has 3 N–H and O–H groups in total. The fourth-order valence-corrected chi connectivity index (χ4v) is 1.92. The van der Waals surface area contributed by atoms with Gasteiger partial charge in [-0.05, 0) is 19.9 Å². The summed E-state index contributed by atoms with van der Waals surface area (Å²) in [5.41, 5.74) is -0.0202. The van der Waals surface area contributed by atoms with Crippen molar-refractivity contribution < 1.29 is 24.0 Å². The number of likely N-dealkylation sites (N-methyl/N-ethyl adjacent to an activating group) is 1. The molecule has 1 aromatic rings. The van der Waals surface area contributed by atoms with E-state index in [0.717, 1.165) is 6.07 Å².